The van der Waals surface area contributed by atoms with Gasteiger partial charge in [0.1, 0.15) is 0 Å². The molecule has 11 heavy (non-hydrogen) atoms. The van der Waals surface area contributed by atoms with Crippen LogP contribution in [-0.4, -0.2) is 11.7 Å². The number of aliphatic hydroxyl groups excluding tert-OH is 1. The Bertz CT molecular complexity index is 185. The van der Waals surface area contributed by atoms with Crippen molar-refractivity contribution in [1.29, 1.82) is 0 Å². The van der Waals surface area contributed by atoms with E-state index in [2.05, 4.69) is 6.58 Å². The van der Waals surface area contributed by atoms with Gasteiger partial charge in [-0.25, -0.2) is 0 Å². The SMILES string of the molecule is C=C\C=C/C(/C=C/CO)=C\C. The normalized spacial score (nSPS) is 13.1. The third kappa shape index (κ3) is 5.37. The molecule has 1 N–H and O–H groups in total. The average molecular weight is 150 g/mol. The molecule has 0 unspecified atom stereocenters. The van der Waals surface area contributed by atoms with E-state index in [1.54, 1.807) is 12.2 Å². The largest absolute Gasteiger partial charge is 0.392 e. The first-order valence-electron chi connectivity index (χ1n) is 3.58. The summed E-state index contributed by atoms with van der Waals surface area (Å²) in [4.78, 5) is 0. The number of hydrogen-bond donors (Lipinski definition) is 1. The fourth-order valence-corrected chi connectivity index (χ4v) is 0.616. The zero-order chi connectivity index (χ0) is 8.53. The van der Waals surface area contributed by atoms with Crippen molar-refractivity contribution in [2.45, 2.75) is 6.92 Å². The second-order valence-corrected chi connectivity index (χ2v) is 1.97. The molecule has 0 aromatic rings. The highest BCUT2D eigenvalue weighted by Crippen LogP contribution is 1.98. The molecule has 0 saturated heterocycles. The van der Waals surface area contributed by atoms with Crippen LogP contribution in [0.25, 0.3) is 0 Å². The number of aliphatic hydroxyl groups is 1. The summed E-state index contributed by atoms with van der Waals surface area (Å²) in [5.74, 6) is 0. The quantitative estimate of drug-likeness (QED) is 0.609. The summed E-state index contributed by atoms with van der Waals surface area (Å²) in [5, 5.41) is 8.48. The lowest BCUT2D eigenvalue weighted by molar-refractivity contribution is 0.342. The van der Waals surface area contributed by atoms with Crippen LogP contribution in [0, 0.1) is 0 Å². The summed E-state index contributed by atoms with van der Waals surface area (Å²) in [5.41, 5.74) is 1.07. The zero-order valence-electron chi connectivity index (χ0n) is 6.83. The summed E-state index contributed by atoms with van der Waals surface area (Å²) < 4.78 is 0. The maximum absolute atomic E-state index is 8.48. The van der Waals surface area contributed by atoms with E-state index in [1.807, 2.05) is 31.2 Å². The molecule has 0 rings (SSSR count). The molecule has 0 aromatic carbocycles. The molecule has 0 radical (unpaired) electrons. The van der Waals surface area contributed by atoms with E-state index >= 15 is 0 Å². The fourth-order valence-electron chi connectivity index (χ4n) is 0.616. The maximum atomic E-state index is 8.48. The molecule has 0 aromatic heterocycles. The van der Waals surface area contributed by atoms with Crippen LogP contribution in [0.1, 0.15) is 6.92 Å². The van der Waals surface area contributed by atoms with Crippen LogP contribution in [0.3, 0.4) is 0 Å². The highest BCUT2D eigenvalue weighted by Gasteiger charge is 1.79. The Kier molecular flexibility index (Phi) is 6.34. The van der Waals surface area contributed by atoms with Crippen LogP contribution in [0.4, 0.5) is 0 Å². The van der Waals surface area contributed by atoms with Crippen molar-refractivity contribution < 1.29 is 5.11 Å². The van der Waals surface area contributed by atoms with Crippen LogP contribution >= 0.6 is 0 Å². The first kappa shape index (κ1) is 9.92. The van der Waals surface area contributed by atoms with Gasteiger partial charge >= 0.3 is 0 Å². The topological polar surface area (TPSA) is 20.2 Å². The standard InChI is InChI=1S/C10H14O/c1-3-5-7-10(4-2)8-6-9-11/h3-8,11H,1,9H2,2H3/b7-5-,8-6+,10-4+. The molecule has 1 heteroatoms. The smallest absolute Gasteiger partial charge is 0.0615 e. The van der Waals surface area contributed by atoms with E-state index in [9.17, 15) is 0 Å². The predicted octanol–water partition coefficient (Wildman–Crippen LogP) is 2.22. The predicted molar refractivity (Wildman–Crippen MR) is 49.3 cm³/mol. The van der Waals surface area contributed by atoms with Crippen molar-refractivity contribution in [1.82, 2.24) is 0 Å². The van der Waals surface area contributed by atoms with Crippen LogP contribution in [0.15, 0.2) is 48.6 Å². The van der Waals surface area contributed by atoms with Gasteiger partial charge in [0.2, 0.25) is 0 Å². The minimum Gasteiger partial charge on any atom is -0.392 e. The van der Waals surface area contributed by atoms with Crippen molar-refractivity contribution in [2.75, 3.05) is 6.61 Å². The van der Waals surface area contributed by atoms with Crippen LogP contribution < -0.4 is 0 Å². The lowest BCUT2D eigenvalue weighted by Crippen LogP contribution is -1.73. The summed E-state index contributed by atoms with van der Waals surface area (Å²) >= 11 is 0. The van der Waals surface area contributed by atoms with Crippen molar-refractivity contribution >= 4 is 0 Å². The molecule has 0 bridgehead atoms. The molecule has 60 valence electrons. The molecular formula is C10H14O. The Morgan fingerprint density at radius 1 is 1.45 bits per heavy atom. The molecule has 0 amide bonds. The lowest BCUT2D eigenvalue weighted by atomic mass is 10.2. The van der Waals surface area contributed by atoms with Gasteiger partial charge in [0.05, 0.1) is 6.61 Å². The minimum atomic E-state index is 0.0826. The summed E-state index contributed by atoms with van der Waals surface area (Å²) in [7, 11) is 0. The molecule has 0 saturated carbocycles. The molecule has 0 aliphatic heterocycles. The Morgan fingerprint density at radius 3 is 2.64 bits per heavy atom. The monoisotopic (exact) mass is 150 g/mol. The van der Waals surface area contributed by atoms with Gasteiger partial charge in [-0.05, 0) is 12.5 Å². The van der Waals surface area contributed by atoms with Gasteiger partial charge < -0.3 is 5.11 Å². The molecule has 0 heterocycles. The minimum absolute atomic E-state index is 0.0826. The summed E-state index contributed by atoms with van der Waals surface area (Å²) in [6, 6.07) is 0. The molecule has 0 fully saturated rings. The summed E-state index contributed by atoms with van der Waals surface area (Å²) in [6.45, 7) is 5.59. The van der Waals surface area contributed by atoms with Crippen LogP contribution in [0.5, 0.6) is 0 Å². The van der Waals surface area contributed by atoms with E-state index < -0.39 is 0 Å². The van der Waals surface area contributed by atoms with Gasteiger partial charge in [-0.3, -0.25) is 0 Å². The lowest BCUT2D eigenvalue weighted by Gasteiger charge is -1.88. The second kappa shape index (κ2) is 7.03. The highest BCUT2D eigenvalue weighted by atomic mass is 16.2. The van der Waals surface area contributed by atoms with Crippen molar-refractivity contribution in [2.24, 2.45) is 0 Å². The Hall–Kier alpha value is -1.08. The van der Waals surface area contributed by atoms with Gasteiger partial charge in [-0.15, -0.1) is 0 Å². The first-order chi connectivity index (χ1) is 5.35. The molecular weight excluding hydrogens is 136 g/mol. The van der Waals surface area contributed by atoms with Gasteiger partial charge in [0.15, 0.2) is 0 Å². The third-order valence-electron chi connectivity index (χ3n) is 1.17. The van der Waals surface area contributed by atoms with E-state index in [1.165, 1.54) is 0 Å². The van der Waals surface area contributed by atoms with Crippen molar-refractivity contribution in [3.63, 3.8) is 0 Å². The number of hydrogen-bond acceptors (Lipinski definition) is 1. The number of rotatable bonds is 4. The Balaban J connectivity index is 4.08. The first-order valence-corrected chi connectivity index (χ1v) is 3.58. The molecule has 0 spiro atoms. The van der Waals surface area contributed by atoms with Gasteiger partial charge in [-0.1, -0.05) is 43.0 Å². The Morgan fingerprint density at radius 2 is 2.18 bits per heavy atom. The van der Waals surface area contributed by atoms with Gasteiger partial charge in [-0.2, -0.15) is 0 Å². The Labute approximate surface area is 68.1 Å². The molecule has 0 atom stereocenters. The van der Waals surface area contributed by atoms with E-state index in [-0.39, 0.29) is 6.61 Å². The van der Waals surface area contributed by atoms with Gasteiger partial charge in [0.25, 0.3) is 0 Å². The van der Waals surface area contributed by atoms with Crippen molar-refractivity contribution in [3.05, 3.63) is 48.6 Å². The molecule has 0 aliphatic carbocycles. The third-order valence-corrected chi connectivity index (χ3v) is 1.17. The summed E-state index contributed by atoms with van der Waals surface area (Å²) in [6.07, 6.45) is 11.0. The fraction of sp³-hybridized carbons (Fsp3) is 0.200. The van der Waals surface area contributed by atoms with E-state index in [0.29, 0.717) is 0 Å². The molecule has 0 aliphatic rings. The zero-order valence-corrected chi connectivity index (χ0v) is 6.83. The van der Waals surface area contributed by atoms with Crippen LogP contribution in [0.2, 0.25) is 0 Å². The molecule has 1 nitrogen and oxygen atoms in total. The van der Waals surface area contributed by atoms with Crippen molar-refractivity contribution in [3.8, 4) is 0 Å². The van der Waals surface area contributed by atoms with Crippen LogP contribution in [-0.2, 0) is 0 Å². The highest BCUT2D eigenvalue weighted by molar-refractivity contribution is 5.31. The second-order valence-electron chi connectivity index (χ2n) is 1.97. The van der Waals surface area contributed by atoms with E-state index in [4.69, 9.17) is 5.11 Å². The van der Waals surface area contributed by atoms with Gasteiger partial charge in [0, 0.05) is 0 Å². The number of allylic oxidation sites excluding steroid dienone is 6. The average Bonchev–Trinajstić information content (AvgIpc) is 2.05. The maximum Gasteiger partial charge on any atom is 0.0615 e. The van der Waals surface area contributed by atoms with E-state index in [0.717, 1.165) is 5.57 Å².